The van der Waals surface area contributed by atoms with Gasteiger partial charge in [0, 0.05) is 0 Å². The first-order valence-corrected chi connectivity index (χ1v) is 5.13. The molecule has 2 N–H and O–H groups in total. The van der Waals surface area contributed by atoms with Gasteiger partial charge in [-0.2, -0.15) is 0 Å². The Bertz CT molecular complexity index is 611. The highest BCUT2D eigenvalue weighted by molar-refractivity contribution is 6.42. The Kier molecular flexibility index (Phi) is 1.81. The van der Waals surface area contributed by atoms with Gasteiger partial charge < -0.3 is 10.2 Å². The van der Waals surface area contributed by atoms with E-state index < -0.39 is 0 Å². The van der Waals surface area contributed by atoms with Crippen LogP contribution in [-0.4, -0.2) is 20.2 Å². The molecule has 1 heterocycles. The number of benzene rings is 1. The fourth-order valence-electron chi connectivity index (χ4n) is 1.54. The Morgan fingerprint density at radius 2 is 1.19 bits per heavy atom. The van der Waals surface area contributed by atoms with Crippen molar-refractivity contribution in [2.75, 3.05) is 0 Å². The van der Waals surface area contributed by atoms with E-state index in [2.05, 4.69) is 9.97 Å². The predicted molar refractivity (Wildman–Crippen MR) is 61.6 cm³/mol. The van der Waals surface area contributed by atoms with Gasteiger partial charge in [-0.15, -0.1) is 0 Å². The minimum Gasteiger partial charge on any atom is -0.503 e. The van der Waals surface area contributed by atoms with Crippen LogP contribution in [0.15, 0.2) is 12.1 Å². The van der Waals surface area contributed by atoms with Crippen molar-refractivity contribution in [2.24, 2.45) is 0 Å². The van der Waals surface area contributed by atoms with E-state index in [1.54, 1.807) is 12.1 Å². The van der Waals surface area contributed by atoms with Crippen molar-refractivity contribution < 1.29 is 10.2 Å². The number of hydrogen-bond donors (Lipinski definition) is 2. The molecule has 0 aliphatic heterocycles. The van der Waals surface area contributed by atoms with Crippen LogP contribution < -0.4 is 0 Å². The number of hydrogen-bond acceptors (Lipinski definition) is 4. The number of aliphatic hydroxyl groups is 2. The summed E-state index contributed by atoms with van der Waals surface area (Å²) in [5.74, 6) is -0.481. The lowest BCUT2D eigenvalue weighted by Gasteiger charge is -2.17. The second-order valence-corrected chi connectivity index (χ2v) is 4.19. The van der Waals surface area contributed by atoms with Crippen LogP contribution >= 0.6 is 23.2 Å². The quantitative estimate of drug-likeness (QED) is 0.758. The number of rotatable bonds is 0. The molecule has 2 aromatic rings. The zero-order valence-electron chi connectivity index (χ0n) is 7.70. The van der Waals surface area contributed by atoms with Gasteiger partial charge in [-0.1, -0.05) is 23.2 Å². The minimum atomic E-state index is -0.240. The molecule has 0 unspecified atom stereocenters. The second kappa shape index (κ2) is 2.99. The van der Waals surface area contributed by atoms with Crippen molar-refractivity contribution in [1.82, 2.24) is 9.97 Å². The van der Waals surface area contributed by atoms with Gasteiger partial charge >= 0.3 is 0 Å². The number of halogens is 2. The molecule has 0 fully saturated rings. The predicted octanol–water partition coefficient (Wildman–Crippen LogP) is 3.19. The molecular weight excluding hydrogens is 251 g/mol. The fraction of sp³-hybridized carbons (Fsp3) is 0. The van der Waals surface area contributed by atoms with Crippen LogP contribution in [-0.2, 0) is 0 Å². The zero-order chi connectivity index (χ0) is 11.4. The van der Waals surface area contributed by atoms with Crippen LogP contribution in [0.3, 0.4) is 0 Å². The molecule has 3 rings (SSSR count). The third-order valence-electron chi connectivity index (χ3n) is 2.38. The average Bonchev–Trinajstić information content (AvgIpc) is 2.28. The van der Waals surface area contributed by atoms with Crippen LogP contribution in [0.25, 0.3) is 22.6 Å². The van der Waals surface area contributed by atoms with Crippen molar-refractivity contribution in [3.63, 3.8) is 0 Å². The molecule has 80 valence electrons. The van der Waals surface area contributed by atoms with Crippen molar-refractivity contribution in [3.05, 3.63) is 33.6 Å². The summed E-state index contributed by atoms with van der Waals surface area (Å²) in [6.45, 7) is 0. The Morgan fingerprint density at radius 1 is 0.812 bits per heavy atom. The van der Waals surface area contributed by atoms with Gasteiger partial charge in [0.2, 0.25) is 0 Å². The van der Waals surface area contributed by atoms with Gasteiger partial charge in [0.25, 0.3) is 0 Å². The summed E-state index contributed by atoms with van der Waals surface area (Å²) in [6.07, 6.45) is 0. The fourth-order valence-corrected chi connectivity index (χ4v) is 1.86. The molecule has 16 heavy (non-hydrogen) atoms. The van der Waals surface area contributed by atoms with Crippen LogP contribution in [0.1, 0.15) is 11.4 Å². The molecule has 0 bridgehead atoms. The van der Waals surface area contributed by atoms with E-state index in [9.17, 15) is 10.2 Å². The van der Waals surface area contributed by atoms with Gasteiger partial charge in [0.1, 0.15) is 11.4 Å². The Morgan fingerprint density at radius 3 is 1.56 bits per heavy atom. The third kappa shape index (κ3) is 1.11. The highest BCUT2D eigenvalue weighted by Crippen LogP contribution is 2.36. The van der Waals surface area contributed by atoms with Gasteiger partial charge in [-0.05, 0) is 12.1 Å². The molecule has 1 aromatic heterocycles. The lowest BCUT2D eigenvalue weighted by Crippen LogP contribution is -2.11. The van der Waals surface area contributed by atoms with Crippen molar-refractivity contribution >= 4 is 45.8 Å². The Balaban J connectivity index is 2.34. The summed E-state index contributed by atoms with van der Waals surface area (Å²) in [5.41, 5.74) is 1.60. The van der Waals surface area contributed by atoms with Gasteiger partial charge in [0.05, 0.1) is 21.1 Å². The van der Waals surface area contributed by atoms with Crippen molar-refractivity contribution in [1.29, 1.82) is 0 Å². The van der Waals surface area contributed by atoms with Gasteiger partial charge in [-0.25, -0.2) is 9.97 Å². The Labute approximate surface area is 99.8 Å². The topological polar surface area (TPSA) is 66.2 Å². The standard InChI is InChI=1S/C10H4Cl2N2O2/c11-3-1-5-6(2-4(3)12)14-8-7(13-5)9(15)10(8)16/h1-2,15-16H. The Hall–Kier alpha value is -1.52. The van der Waals surface area contributed by atoms with Crippen molar-refractivity contribution in [2.45, 2.75) is 0 Å². The van der Waals surface area contributed by atoms with Gasteiger partial charge in [-0.3, -0.25) is 0 Å². The number of aliphatic hydroxyl groups excluding tert-OH is 2. The third-order valence-corrected chi connectivity index (χ3v) is 3.10. The van der Waals surface area contributed by atoms with Crippen molar-refractivity contribution in [3.8, 4) is 0 Å². The molecular formula is C10H4Cl2N2O2. The molecule has 0 saturated carbocycles. The smallest absolute Gasteiger partial charge is 0.188 e. The molecule has 1 aliphatic carbocycles. The summed E-state index contributed by atoms with van der Waals surface area (Å²) in [4.78, 5) is 8.24. The molecule has 0 atom stereocenters. The van der Waals surface area contributed by atoms with E-state index in [1.807, 2.05) is 0 Å². The number of fused-ring (bicyclic) bond motifs is 2. The van der Waals surface area contributed by atoms with E-state index in [1.165, 1.54) is 0 Å². The number of nitrogens with zero attached hydrogens (tertiary/aromatic N) is 2. The maximum Gasteiger partial charge on any atom is 0.188 e. The summed E-state index contributed by atoms with van der Waals surface area (Å²) in [5, 5.41) is 19.4. The van der Waals surface area contributed by atoms with Crippen LogP contribution in [0.4, 0.5) is 0 Å². The monoisotopic (exact) mass is 254 g/mol. The molecule has 0 saturated heterocycles. The SMILES string of the molecule is OC1=C(O)c2nc3cc(Cl)c(Cl)cc3nc21. The lowest BCUT2D eigenvalue weighted by molar-refractivity contribution is 0.440. The maximum absolute atomic E-state index is 9.32. The first kappa shape index (κ1) is 9.69. The molecule has 0 radical (unpaired) electrons. The van der Waals surface area contributed by atoms with Crippen LogP contribution in [0.2, 0.25) is 10.0 Å². The summed E-state index contributed by atoms with van der Waals surface area (Å²) >= 11 is 11.7. The van der Waals surface area contributed by atoms with E-state index in [0.717, 1.165) is 0 Å². The zero-order valence-corrected chi connectivity index (χ0v) is 9.21. The van der Waals surface area contributed by atoms with E-state index in [4.69, 9.17) is 23.2 Å². The summed E-state index contributed by atoms with van der Waals surface area (Å²) in [6, 6.07) is 3.13. The molecule has 0 spiro atoms. The molecule has 1 aromatic carbocycles. The molecule has 4 nitrogen and oxygen atoms in total. The van der Waals surface area contributed by atoms with Gasteiger partial charge in [0.15, 0.2) is 11.5 Å². The second-order valence-electron chi connectivity index (χ2n) is 3.37. The lowest BCUT2D eigenvalue weighted by atomic mass is 10.0. The minimum absolute atomic E-state index is 0.240. The normalized spacial score (nSPS) is 13.9. The molecule has 0 amide bonds. The molecule has 1 aliphatic rings. The average molecular weight is 255 g/mol. The first-order chi connectivity index (χ1) is 7.58. The van der Waals surface area contributed by atoms with E-state index in [0.29, 0.717) is 21.1 Å². The molecule has 6 heteroatoms. The summed E-state index contributed by atoms with van der Waals surface area (Å²) < 4.78 is 0. The summed E-state index contributed by atoms with van der Waals surface area (Å²) in [7, 11) is 0. The van der Waals surface area contributed by atoms with E-state index >= 15 is 0 Å². The highest BCUT2D eigenvalue weighted by Gasteiger charge is 2.29. The van der Waals surface area contributed by atoms with Crippen LogP contribution in [0, 0.1) is 0 Å². The van der Waals surface area contributed by atoms with Crippen LogP contribution in [0.5, 0.6) is 0 Å². The largest absolute Gasteiger partial charge is 0.503 e. The van der Waals surface area contributed by atoms with E-state index in [-0.39, 0.29) is 22.9 Å². The first-order valence-electron chi connectivity index (χ1n) is 4.37. The maximum atomic E-state index is 9.32. The highest BCUT2D eigenvalue weighted by atomic mass is 35.5. The number of aromatic nitrogens is 2.